The SMILES string of the molecule is COc1cccc(C2(C3OCCO3)C(OS(=O)(=O)C(F)(F)F)=Cc3cccc(OC)c32)c1. The van der Waals surface area contributed by atoms with Crippen LogP contribution in [0.25, 0.3) is 6.08 Å². The number of hydrogen-bond acceptors (Lipinski definition) is 7. The number of halogens is 3. The minimum Gasteiger partial charge on any atom is -0.497 e. The molecule has 1 aliphatic heterocycles. The summed E-state index contributed by atoms with van der Waals surface area (Å²) in [5.41, 5.74) is -6.25. The number of benzene rings is 2. The van der Waals surface area contributed by atoms with Gasteiger partial charge in [-0.1, -0.05) is 24.3 Å². The van der Waals surface area contributed by atoms with Crippen LogP contribution in [0.3, 0.4) is 0 Å². The zero-order valence-corrected chi connectivity index (χ0v) is 17.8. The molecule has 0 saturated carbocycles. The first-order valence-electron chi connectivity index (χ1n) is 9.43. The lowest BCUT2D eigenvalue weighted by Crippen LogP contribution is -2.44. The van der Waals surface area contributed by atoms with E-state index in [4.69, 9.17) is 23.1 Å². The van der Waals surface area contributed by atoms with Crippen molar-refractivity contribution in [2.75, 3.05) is 27.4 Å². The minimum absolute atomic E-state index is 0.153. The molecule has 11 heteroatoms. The Labute approximate surface area is 182 Å². The number of methoxy groups -OCH3 is 2. The molecule has 0 radical (unpaired) electrons. The average molecular weight is 472 g/mol. The quantitative estimate of drug-likeness (QED) is 0.470. The fourth-order valence-corrected chi connectivity index (χ4v) is 4.54. The normalized spacial score (nSPS) is 21.2. The molecule has 2 aromatic rings. The Bertz CT molecular complexity index is 1150. The van der Waals surface area contributed by atoms with Gasteiger partial charge in [-0.25, -0.2) is 0 Å². The van der Waals surface area contributed by atoms with Gasteiger partial charge in [0.2, 0.25) is 0 Å². The molecule has 0 N–H and O–H groups in total. The Hall–Kier alpha value is -2.76. The second-order valence-corrected chi connectivity index (χ2v) is 8.57. The molecule has 7 nitrogen and oxygen atoms in total. The smallest absolute Gasteiger partial charge is 0.497 e. The number of hydrogen-bond donors (Lipinski definition) is 0. The van der Waals surface area contributed by atoms with Crippen LogP contribution in [0.5, 0.6) is 11.5 Å². The first-order chi connectivity index (χ1) is 15.1. The fourth-order valence-electron chi connectivity index (χ4n) is 4.03. The van der Waals surface area contributed by atoms with E-state index < -0.39 is 33.1 Å². The summed E-state index contributed by atoms with van der Waals surface area (Å²) in [6.45, 7) is 0.306. The molecule has 1 atom stereocenters. The molecule has 32 heavy (non-hydrogen) atoms. The maximum Gasteiger partial charge on any atom is 0.534 e. The van der Waals surface area contributed by atoms with Gasteiger partial charge in [-0.15, -0.1) is 0 Å². The van der Waals surface area contributed by atoms with Crippen molar-refractivity contribution < 1.29 is 44.7 Å². The van der Waals surface area contributed by atoms with E-state index in [0.29, 0.717) is 28.2 Å². The predicted octanol–water partition coefficient (Wildman–Crippen LogP) is 3.58. The second kappa shape index (κ2) is 7.98. The van der Waals surface area contributed by atoms with Gasteiger partial charge in [0.1, 0.15) is 22.7 Å². The predicted molar refractivity (Wildman–Crippen MR) is 106 cm³/mol. The standard InChI is InChI=1S/C21H19F3O7S/c1-27-15-7-4-6-14(12-15)20(19-29-9-10-30-19)17(31-32(25,26)21(22,23)24)11-13-5-3-8-16(28-2)18(13)20/h3-8,11-12,19H,9-10H2,1-2H3. The number of fused-ring (bicyclic) bond motifs is 1. The summed E-state index contributed by atoms with van der Waals surface area (Å²) in [6.07, 6.45) is 0.0351. The average Bonchev–Trinajstić information content (AvgIpc) is 3.39. The minimum atomic E-state index is -5.99. The Kier molecular flexibility index (Phi) is 5.60. The zero-order chi connectivity index (χ0) is 23.1. The van der Waals surface area contributed by atoms with E-state index in [0.717, 1.165) is 0 Å². The van der Waals surface area contributed by atoms with Crippen LogP contribution in [-0.2, 0) is 29.2 Å². The third kappa shape index (κ3) is 3.40. The molecule has 1 heterocycles. The Morgan fingerprint density at radius 2 is 1.72 bits per heavy atom. The van der Waals surface area contributed by atoms with Crippen LogP contribution in [0, 0.1) is 0 Å². The summed E-state index contributed by atoms with van der Waals surface area (Å²) in [6, 6.07) is 11.3. The van der Waals surface area contributed by atoms with E-state index in [-0.39, 0.29) is 13.2 Å². The third-order valence-electron chi connectivity index (χ3n) is 5.33. The lowest BCUT2D eigenvalue weighted by atomic mass is 9.73. The first kappa shape index (κ1) is 22.4. The monoisotopic (exact) mass is 472 g/mol. The molecule has 4 rings (SSSR count). The highest BCUT2D eigenvalue weighted by atomic mass is 32.2. The molecule has 1 aliphatic carbocycles. The van der Waals surface area contributed by atoms with Gasteiger partial charge in [0, 0.05) is 5.56 Å². The van der Waals surface area contributed by atoms with Gasteiger partial charge in [-0.05, 0) is 35.4 Å². The second-order valence-electron chi connectivity index (χ2n) is 7.03. The van der Waals surface area contributed by atoms with Crippen LogP contribution in [0.15, 0.2) is 48.2 Å². The Balaban J connectivity index is 2.04. The molecular formula is C21H19F3O7S. The largest absolute Gasteiger partial charge is 0.534 e. The molecule has 0 bridgehead atoms. The number of alkyl halides is 3. The summed E-state index contributed by atoms with van der Waals surface area (Å²) in [5.74, 6) is 0.166. The highest BCUT2D eigenvalue weighted by Crippen LogP contribution is 2.55. The molecule has 0 amide bonds. The van der Waals surface area contributed by atoms with Crippen LogP contribution in [0.2, 0.25) is 0 Å². The van der Waals surface area contributed by atoms with E-state index in [1.54, 1.807) is 42.5 Å². The van der Waals surface area contributed by atoms with Crippen molar-refractivity contribution in [3.63, 3.8) is 0 Å². The van der Waals surface area contributed by atoms with Crippen molar-refractivity contribution in [2.45, 2.75) is 17.2 Å². The van der Waals surface area contributed by atoms with E-state index in [9.17, 15) is 21.6 Å². The van der Waals surface area contributed by atoms with Crippen molar-refractivity contribution >= 4 is 16.2 Å². The van der Waals surface area contributed by atoms with Crippen molar-refractivity contribution in [1.29, 1.82) is 0 Å². The Morgan fingerprint density at radius 1 is 1.03 bits per heavy atom. The maximum absolute atomic E-state index is 13.3. The maximum atomic E-state index is 13.3. The highest BCUT2D eigenvalue weighted by Gasteiger charge is 2.59. The van der Waals surface area contributed by atoms with Gasteiger partial charge in [0.25, 0.3) is 0 Å². The van der Waals surface area contributed by atoms with Crippen molar-refractivity contribution in [3.05, 3.63) is 64.9 Å². The zero-order valence-electron chi connectivity index (χ0n) is 17.0. The van der Waals surface area contributed by atoms with Gasteiger partial charge in [-0.2, -0.15) is 21.6 Å². The summed E-state index contributed by atoms with van der Waals surface area (Å²) in [7, 11) is -3.17. The topological polar surface area (TPSA) is 80.3 Å². The molecular weight excluding hydrogens is 453 g/mol. The Morgan fingerprint density at radius 3 is 2.34 bits per heavy atom. The summed E-state index contributed by atoms with van der Waals surface area (Å²) in [5, 5.41) is 0. The van der Waals surface area contributed by atoms with Gasteiger partial charge < -0.3 is 23.1 Å². The first-order valence-corrected chi connectivity index (χ1v) is 10.8. The van der Waals surface area contributed by atoms with Crippen LogP contribution >= 0.6 is 0 Å². The number of rotatable bonds is 6. The van der Waals surface area contributed by atoms with Crippen molar-refractivity contribution in [2.24, 2.45) is 0 Å². The van der Waals surface area contributed by atoms with Gasteiger partial charge in [-0.3, -0.25) is 0 Å². The summed E-state index contributed by atoms with van der Waals surface area (Å²) >= 11 is 0. The summed E-state index contributed by atoms with van der Waals surface area (Å²) in [4.78, 5) is 0. The summed E-state index contributed by atoms with van der Waals surface area (Å²) < 4.78 is 90.9. The van der Waals surface area contributed by atoms with Crippen LogP contribution in [0.4, 0.5) is 13.2 Å². The highest BCUT2D eigenvalue weighted by molar-refractivity contribution is 7.87. The van der Waals surface area contributed by atoms with Crippen molar-refractivity contribution in [1.82, 2.24) is 0 Å². The molecule has 172 valence electrons. The lowest BCUT2D eigenvalue weighted by Gasteiger charge is -2.37. The van der Waals surface area contributed by atoms with Gasteiger partial charge in [0.15, 0.2) is 6.29 Å². The van der Waals surface area contributed by atoms with E-state index >= 15 is 0 Å². The molecule has 2 aliphatic rings. The molecule has 0 aromatic heterocycles. The number of ether oxygens (including phenoxy) is 4. The lowest BCUT2D eigenvalue weighted by molar-refractivity contribution is -0.0859. The van der Waals surface area contributed by atoms with Crippen LogP contribution in [-0.4, -0.2) is 47.6 Å². The van der Waals surface area contributed by atoms with E-state index in [2.05, 4.69) is 0 Å². The van der Waals surface area contributed by atoms with Crippen LogP contribution in [0.1, 0.15) is 16.7 Å². The molecule has 2 aromatic carbocycles. The van der Waals surface area contributed by atoms with Gasteiger partial charge in [0.05, 0.1) is 27.4 Å². The molecule has 1 saturated heterocycles. The third-order valence-corrected chi connectivity index (χ3v) is 6.30. The van der Waals surface area contributed by atoms with Gasteiger partial charge >= 0.3 is 15.6 Å². The molecule has 0 spiro atoms. The van der Waals surface area contributed by atoms with E-state index in [1.807, 2.05) is 0 Å². The fraction of sp³-hybridized carbons (Fsp3) is 0.333. The van der Waals surface area contributed by atoms with Crippen molar-refractivity contribution in [3.8, 4) is 11.5 Å². The molecule has 1 fully saturated rings. The van der Waals surface area contributed by atoms with E-state index in [1.165, 1.54) is 20.3 Å². The van der Waals surface area contributed by atoms with Crippen LogP contribution < -0.4 is 9.47 Å². The molecule has 1 unspecified atom stereocenters.